The van der Waals surface area contributed by atoms with Gasteiger partial charge in [0.2, 0.25) is 11.8 Å². The molecule has 0 atom stereocenters. The van der Waals surface area contributed by atoms with Crippen molar-refractivity contribution in [2.24, 2.45) is 0 Å². The first-order chi connectivity index (χ1) is 8.91. The number of nitrogens with zero attached hydrogens (tertiary/aromatic N) is 3. The lowest BCUT2D eigenvalue weighted by Gasteiger charge is -2.39. The summed E-state index contributed by atoms with van der Waals surface area (Å²) in [7, 11) is 0. The number of hydrogen-bond donors (Lipinski definition) is 2. The maximum atomic E-state index is 11.9. The Bertz CT molecular complexity index is 455. The zero-order valence-corrected chi connectivity index (χ0v) is 11.9. The largest absolute Gasteiger partial charge is 0.407 e. The van der Waals surface area contributed by atoms with Crippen LogP contribution >= 0.6 is 0 Å². The molecule has 2 rings (SSSR count). The highest BCUT2D eigenvalue weighted by Gasteiger charge is 2.40. The van der Waals surface area contributed by atoms with E-state index < -0.39 is 5.54 Å². The van der Waals surface area contributed by atoms with Crippen molar-refractivity contribution in [1.82, 2.24) is 20.8 Å². The van der Waals surface area contributed by atoms with Crippen molar-refractivity contribution in [1.29, 1.82) is 0 Å². The molecule has 1 aliphatic heterocycles. The fraction of sp³-hybridized carbons (Fsp3) is 0.750. The van der Waals surface area contributed by atoms with Gasteiger partial charge < -0.3 is 20.0 Å². The van der Waals surface area contributed by atoms with Crippen molar-refractivity contribution in [3.05, 3.63) is 5.89 Å². The molecule has 2 N–H and O–H groups in total. The van der Waals surface area contributed by atoms with E-state index in [4.69, 9.17) is 4.42 Å². The normalized spacial score (nSPS) is 18.8. The summed E-state index contributed by atoms with van der Waals surface area (Å²) in [5.41, 5.74) is -0.673. The molecule has 1 saturated heterocycles. The summed E-state index contributed by atoms with van der Waals surface area (Å²) in [6.07, 6.45) is 0. The van der Waals surface area contributed by atoms with Crippen molar-refractivity contribution < 1.29 is 9.21 Å². The number of rotatable bonds is 4. The standard InChI is InChI=1S/C12H21N5O2/c1-8(2)14-7-9-15-16-11(19-9)17-6-5-13-10(18)12(17,3)4/h8,14H,5-7H2,1-4H3,(H,13,18). The van der Waals surface area contributed by atoms with Crippen LogP contribution in [0, 0.1) is 0 Å². The zero-order valence-electron chi connectivity index (χ0n) is 11.9. The Kier molecular flexibility index (Phi) is 3.75. The van der Waals surface area contributed by atoms with E-state index in [-0.39, 0.29) is 5.91 Å². The van der Waals surface area contributed by atoms with Crippen LogP contribution in [0.4, 0.5) is 6.01 Å². The second-order valence-electron chi connectivity index (χ2n) is 5.48. The SMILES string of the molecule is CC(C)NCc1nnc(N2CCNC(=O)C2(C)C)o1. The van der Waals surface area contributed by atoms with Crippen molar-refractivity contribution in [2.45, 2.75) is 45.8 Å². The smallest absolute Gasteiger partial charge is 0.319 e. The molecule has 106 valence electrons. The number of anilines is 1. The average molecular weight is 267 g/mol. The molecular formula is C12H21N5O2. The Balaban J connectivity index is 2.11. The monoisotopic (exact) mass is 267 g/mol. The van der Waals surface area contributed by atoms with E-state index >= 15 is 0 Å². The van der Waals surface area contributed by atoms with Gasteiger partial charge in [-0.25, -0.2) is 0 Å². The first-order valence-corrected chi connectivity index (χ1v) is 6.53. The fourth-order valence-corrected chi connectivity index (χ4v) is 1.95. The third kappa shape index (κ3) is 2.86. The Hall–Kier alpha value is -1.63. The quantitative estimate of drug-likeness (QED) is 0.815. The van der Waals surface area contributed by atoms with Gasteiger partial charge in [0, 0.05) is 19.1 Å². The van der Waals surface area contributed by atoms with Gasteiger partial charge in [-0.05, 0) is 13.8 Å². The minimum Gasteiger partial charge on any atom is -0.407 e. The highest BCUT2D eigenvalue weighted by atomic mass is 16.4. The molecule has 0 aromatic carbocycles. The number of hydrogen-bond acceptors (Lipinski definition) is 6. The first-order valence-electron chi connectivity index (χ1n) is 6.53. The highest BCUT2D eigenvalue weighted by molar-refractivity contribution is 5.89. The number of amides is 1. The summed E-state index contributed by atoms with van der Waals surface area (Å²) in [6.45, 7) is 9.58. The zero-order chi connectivity index (χ0) is 14.0. The molecule has 1 fully saturated rings. The molecule has 0 unspecified atom stereocenters. The van der Waals surface area contributed by atoms with Gasteiger partial charge in [0.1, 0.15) is 5.54 Å². The van der Waals surface area contributed by atoms with E-state index in [2.05, 4.69) is 34.7 Å². The number of piperazine rings is 1. The number of aromatic nitrogens is 2. The summed E-state index contributed by atoms with van der Waals surface area (Å²) < 4.78 is 5.62. The average Bonchev–Trinajstić information content (AvgIpc) is 2.78. The Morgan fingerprint density at radius 1 is 1.47 bits per heavy atom. The van der Waals surface area contributed by atoms with Gasteiger partial charge in [0.15, 0.2) is 0 Å². The first kappa shape index (κ1) is 13.8. The summed E-state index contributed by atoms with van der Waals surface area (Å²) >= 11 is 0. The third-order valence-electron chi connectivity index (χ3n) is 3.20. The third-order valence-corrected chi connectivity index (χ3v) is 3.20. The maximum absolute atomic E-state index is 11.9. The molecule has 1 aromatic rings. The number of carbonyl (C=O) groups is 1. The number of carbonyl (C=O) groups excluding carboxylic acids is 1. The van der Waals surface area contributed by atoms with Crippen LogP contribution in [0.2, 0.25) is 0 Å². The Morgan fingerprint density at radius 2 is 2.21 bits per heavy atom. The van der Waals surface area contributed by atoms with Crippen LogP contribution in [0.25, 0.3) is 0 Å². The van der Waals surface area contributed by atoms with Crippen LogP contribution in [-0.2, 0) is 11.3 Å². The Morgan fingerprint density at radius 3 is 2.89 bits per heavy atom. The van der Waals surface area contributed by atoms with E-state index in [9.17, 15) is 4.79 Å². The molecule has 1 aliphatic rings. The minimum absolute atomic E-state index is 0.0289. The van der Waals surface area contributed by atoms with Gasteiger partial charge in [-0.1, -0.05) is 18.9 Å². The van der Waals surface area contributed by atoms with E-state index in [1.807, 2.05) is 18.7 Å². The summed E-state index contributed by atoms with van der Waals surface area (Å²) in [5, 5.41) is 14.1. The minimum atomic E-state index is -0.673. The molecule has 7 nitrogen and oxygen atoms in total. The molecular weight excluding hydrogens is 246 g/mol. The maximum Gasteiger partial charge on any atom is 0.319 e. The molecule has 0 bridgehead atoms. The molecule has 0 aliphatic carbocycles. The molecule has 2 heterocycles. The Labute approximate surface area is 112 Å². The van der Waals surface area contributed by atoms with Gasteiger partial charge in [-0.3, -0.25) is 4.79 Å². The van der Waals surface area contributed by atoms with E-state index in [0.717, 1.165) is 0 Å². The van der Waals surface area contributed by atoms with Crippen LogP contribution in [-0.4, -0.2) is 40.8 Å². The van der Waals surface area contributed by atoms with Gasteiger partial charge in [0.05, 0.1) is 6.54 Å². The van der Waals surface area contributed by atoms with E-state index in [1.54, 1.807) is 0 Å². The van der Waals surface area contributed by atoms with Crippen LogP contribution in [0.15, 0.2) is 4.42 Å². The molecule has 0 radical (unpaired) electrons. The summed E-state index contributed by atoms with van der Waals surface area (Å²) in [6, 6.07) is 0.757. The van der Waals surface area contributed by atoms with Gasteiger partial charge >= 0.3 is 6.01 Å². The van der Waals surface area contributed by atoms with Crippen LogP contribution in [0.5, 0.6) is 0 Å². The van der Waals surface area contributed by atoms with Gasteiger partial charge in [-0.15, -0.1) is 5.10 Å². The van der Waals surface area contributed by atoms with Gasteiger partial charge in [-0.2, -0.15) is 0 Å². The van der Waals surface area contributed by atoms with Crippen molar-refractivity contribution in [2.75, 3.05) is 18.0 Å². The van der Waals surface area contributed by atoms with Crippen molar-refractivity contribution in [3.63, 3.8) is 0 Å². The fourth-order valence-electron chi connectivity index (χ4n) is 1.95. The molecule has 1 aromatic heterocycles. The molecule has 19 heavy (non-hydrogen) atoms. The van der Waals surface area contributed by atoms with Gasteiger partial charge in [0.25, 0.3) is 0 Å². The predicted molar refractivity (Wildman–Crippen MR) is 70.7 cm³/mol. The predicted octanol–water partition coefficient (Wildman–Crippen LogP) is 0.282. The highest BCUT2D eigenvalue weighted by Crippen LogP contribution is 2.24. The van der Waals surface area contributed by atoms with Crippen LogP contribution in [0.1, 0.15) is 33.6 Å². The second-order valence-corrected chi connectivity index (χ2v) is 5.48. The second kappa shape index (κ2) is 5.16. The number of nitrogens with one attached hydrogen (secondary N) is 2. The summed E-state index contributed by atoms with van der Waals surface area (Å²) in [5.74, 6) is 0.504. The summed E-state index contributed by atoms with van der Waals surface area (Å²) in [4.78, 5) is 13.7. The molecule has 1 amide bonds. The molecule has 0 saturated carbocycles. The van der Waals surface area contributed by atoms with Crippen molar-refractivity contribution >= 4 is 11.9 Å². The topological polar surface area (TPSA) is 83.3 Å². The lowest BCUT2D eigenvalue weighted by molar-refractivity contribution is -0.126. The van der Waals surface area contributed by atoms with Crippen LogP contribution in [0.3, 0.4) is 0 Å². The molecule has 0 spiro atoms. The van der Waals surface area contributed by atoms with Crippen LogP contribution < -0.4 is 15.5 Å². The van der Waals surface area contributed by atoms with E-state index in [0.29, 0.717) is 37.6 Å². The lowest BCUT2D eigenvalue weighted by Crippen LogP contribution is -2.62. The lowest BCUT2D eigenvalue weighted by atomic mass is 10.00. The van der Waals surface area contributed by atoms with Crippen molar-refractivity contribution in [3.8, 4) is 0 Å². The molecule has 7 heteroatoms. The van der Waals surface area contributed by atoms with E-state index in [1.165, 1.54) is 0 Å².